The van der Waals surface area contributed by atoms with Crippen LogP contribution < -0.4 is 0 Å². The number of carboxylic acid groups (broad SMARTS) is 1. The predicted molar refractivity (Wildman–Crippen MR) is 372 cm³/mol. The SMILES string of the molecule is C=CCC1(C(=O)OC(C)(C)C)CCOCC1.CC(C)(C)OC(=O)C1(CC=O)CCOCC1.CC(C)(C)OC(=O)C1(CCO)CCOCC1.CC(C)(C)OC(=O)C1(CCOS(C)(=O)=O)CCOCC1.CC(C)(C)OC(=O)C1CCOCC1.COC(=O)C1CCOCC1.O=C(O)C1CCOCC1. The maximum atomic E-state index is 12.4. The van der Waals surface area contributed by atoms with Crippen molar-refractivity contribution in [3.63, 3.8) is 0 Å². The van der Waals surface area contributed by atoms with Gasteiger partial charge in [0, 0.05) is 106 Å². The van der Waals surface area contributed by atoms with Gasteiger partial charge in [-0.25, -0.2) is 0 Å². The van der Waals surface area contributed by atoms with E-state index in [-0.39, 0.29) is 78.8 Å². The molecule has 7 saturated heterocycles. The summed E-state index contributed by atoms with van der Waals surface area (Å²) in [7, 11) is -2.07. The van der Waals surface area contributed by atoms with Crippen LogP contribution in [0.25, 0.3) is 0 Å². The third kappa shape index (κ3) is 39.2. The zero-order valence-corrected chi connectivity index (χ0v) is 64.6. The van der Waals surface area contributed by atoms with Gasteiger partial charge in [-0.1, -0.05) is 6.08 Å². The lowest BCUT2D eigenvalue weighted by Crippen LogP contribution is -2.42. The minimum absolute atomic E-state index is 0.0131. The Hall–Kier alpha value is -4.71. The number of aldehydes is 1. The Bertz CT molecular complexity index is 2460. The Kier molecular flexibility index (Phi) is 41.8. The number of aliphatic hydroxyl groups is 1. The van der Waals surface area contributed by atoms with E-state index >= 15 is 0 Å². The number of carbonyl (C=O) groups excluding carboxylic acids is 7. The molecule has 7 aliphatic rings. The molecule has 7 rings (SSSR count). The normalized spacial score (nSPS) is 20.3. The molecule has 0 bridgehead atoms. The zero-order valence-electron chi connectivity index (χ0n) is 63.7. The lowest BCUT2D eigenvalue weighted by atomic mass is 9.77. The van der Waals surface area contributed by atoms with E-state index in [1.54, 1.807) is 6.08 Å². The molecule has 0 aliphatic carbocycles. The third-order valence-corrected chi connectivity index (χ3v) is 17.5. The summed E-state index contributed by atoms with van der Waals surface area (Å²) in [4.78, 5) is 92.3. The predicted octanol–water partition coefficient (Wildman–Crippen LogP) is 10.3. The highest BCUT2D eigenvalue weighted by atomic mass is 32.2. The van der Waals surface area contributed by atoms with Gasteiger partial charge in [-0.15, -0.1) is 6.58 Å². The highest BCUT2D eigenvalue weighted by Gasteiger charge is 2.46. The van der Waals surface area contributed by atoms with Gasteiger partial charge in [0.05, 0.1) is 59.4 Å². The summed E-state index contributed by atoms with van der Waals surface area (Å²) < 4.78 is 94.8. The highest BCUT2D eigenvalue weighted by molar-refractivity contribution is 7.86. The van der Waals surface area contributed by atoms with E-state index in [9.17, 15) is 46.8 Å². The van der Waals surface area contributed by atoms with Gasteiger partial charge in [-0.2, -0.15) is 8.42 Å². The number of hydrogen-bond donors (Lipinski definition) is 2. The number of ether oxygens (including phenoxy) is 13. The molecule has 0 spiro atoms. The first-order chi connectivity index (χ1) is 46.4. The van der Waals surface area contributed by atoms with Crippen LogP contribution in [0.15, 0.2) is 12.7 Å². The van der Waals surface area contributed by atoms with Crippen molar-refractivity contribution >= 4 is 58.2 Å². The summed E-state index contributed by atoms with van der Waals surface area (Å²) in [5.74, 6) is -1.75. The number of carbonyl (C=O) groups is 8. The van der Waals surface area contributed by atoms with Gasteiger partial charge in [0.1, 0.15) is 34.3 Å². The summed E-state index contributed by atoms with van der Waals surface area (Å²) in [6.45, 7) is 40.0. The maximum absolute atomic E-state index is 12.4. The lowest BCUT2D eigenvalue weighted by Gasteiger charge is -2.36. The molecule has 0 amide bonds. The Labute approximate surface area is 597 Å². The fourth-order valence-corrected chi connectivity index (χ4v) is 11.5. The van der Waals surface area contributed by atoms with Crippen molar-refractivity contribution in [1.82, 2.24) is 0 Å². The van der Waals surface area contributed by atoms with Gasteiger partial charge >= 0.3 is 41.8 Å². The fraction of sp³-hybridized carbons (Fsp3) is 0.863. The molecule has 7 fully saturated rings. The van der Waals surface area contributed by atoms with Gasteiger partial charge in [0.2, 0.25) is 0 Å². The largest absolute Gasteiger partial charge is 0.481 e. The molecular weight excluding hydrogens is 1320 g/mol. The van der Waals surface area contributed by atoms with E-state index in [4.69, 9.17) is 71.2 Å². The van der Waals surface area contributed by atoms with Gasteiger partial charge in [-0.05, 0) is 213 Å². The second-order valence-corrected chi connectivity index (χ2v) is 32.9. The summed E-state index contributed by atoms with van der Waals surface area (Å²) in [6.07, 6.45) is 14.8. The molecule has 0 radical (unpaired) electrons. The number of aliphatic carboxylic acids is 1. The van der Waals surface area contributed by atoms with E-state index < -0.39 is 60.2 Å². The number of esters is 6. The van der Waals surface area contributed by atoms with Gasteiger partial charge in [0.25, 0.3) is 10.1 Å². The molecule has 100 heavy (non-hydrogen) atoms. The van der Waals surface area contributed by atoms with Crippen LogP contribution in [0.1, 0.15) is 219 Å². The van der Waals surface area contributed by atoms with Crippen LogP contribution in [0, 0.1) is 39.4 Å². The molecule has 0 saturated carbocycles. The monoisotopic (exact) mass is 1450 g/mol. The van der Waals surface area contributed by atoms with E-state index in [2.05, 4.69) is 11.3 Å². The molecule has 0 aromatic heterocycles. The van der Waals surface area contributed by atoms with E-state index in [0.29, 0.717) is 163 Å². The molecule has 2 N–H and O–H groups in total. The van der Waals surface area contributed by atoms with Crippen LogP contribution in [0.4, 0.5) is 0 Å². The minimum atomic E-state index is -3.50. The molecule has 26 nitrogen and oxygen atoms in total. The Morgan fingerprint density at radius 3 is 0.960 bits per heavy atom. The van der Waals surface area contributed by atoms with Crippen LogP contribution in [-0.2, 0) is 114 Å². The van der Waals surface area contributed by atoms with Gasteiger partial charge in [-0.3, -0.25) is 37.7 Å². The molecule has 0 aromatic carbocycles. The summed E-state index contributed by atoms with van der Waals surface area (Å²) in [5.41, 5.74) is -4.67. The lowest BCUT2D eigenvalue weighted by molar-refractivity contribution is -0.175. The van der Waals surface area contributed by atoms with Crippen molar-refractivity contribution in [2.75, 3.05) is 119 Å². The second-order valence-electron chi connectivity index (χ2n) is 31.2. The smallest absolute Gasteiger partial charge is 0.313 e. The van der Waals surface area contributed by atoms with Crippen molar-refractivity contribution in [1.29, 1.82) is 0 Å². The Morgan fingerprint density at radius 2 is 0.700 bits per heavy atom. The van der Waals surface area contributed by atoms with E-state index in [1.165, 1.54) is 7.11 Å². The third-order valence-electron chi connectivity index (χ3n) is 16.9. The molecule has 0 atom stereocenters. The standard InChI is InChI=1S/C13H24O6S.C13H22O3.C12H22O4.C12H20O4.C10H18O3.C7H12O3.C6H10O3/c1-12(2,3)19-11(14)13(5-8-17-9-6-13)7-10-18-20(4,15)16;1-5-6-13(7-9-15-10-8-13)11(14)16-12(2,3)4;2*1-11(2,3)16-10(14)12(4-7-13)5-8-15-9-6-12;1-10(2,3)13-9(11)8-4-6-12-7-5-8;1-9-7(8)6-2-4-10-5-3-6;7-6(8)5-1-3-9-4-2-5/h5-10H2,1-4H3;5H,1,6-10H2,2-4H3;13H,4-9H2,1-3H3;7H,4-6,8-9H2,1-3H3;8H,4-7H2,1-3H3;6H,2-5H2,1H3;5H,1-4H2,(H,7,8). The minimum Gasteiger partial charge on any atom is -0.481 e. The molecule has 0 unspecified atom stereocenters. The second kappa shape index (κ2) is 44.8. The first-order valence-electron chi connectivity index (χ1n) is 35.4. The Morgan fingerprint density at radius 1 is 0.430 bits per heavy atom. The van der Waals surface area contributed by atoms with E-state index in [0.717, 1.165) is 51.1 Å². The van der Waals surface area contributed by atoms with Crippen LogP contribution in [0.2, 0.25) is 0 Å². The number of allylic oxidation sites excluding steroid dienone is 1. The molecule has 7 heterocycles. The van der Waals surface area contributed by atoms with Crippen molar-refractivity contribution in [3.05, 3.63) is 12.7 Å². The highest BCUT2D eigenvalue weighted by Crippen LogP contribution is 2.40. The number of rotatable bonds is 17. The van der Waals surface area contributed by atoms with E-state index in [1.807, 2.05) is 104 Å². The summed E-state index contributed by atoms with van der Waals surface area (Å²) >= 11 is 0. The van der Waals surface area contributed by atoms with Crippen molar-refractivity contribution in [2.45, 2.75) is 247 Å². The first kappa shape index (κ1) is 93.3. The number of carboxylic acids is 1. The molecule has 582 valence electrons. The summed E-state index contributed by atoms with van der Waals surface area (Å²) in [6, 6.07) is 0. The quantitative estimate of drug-likeness (QED) is 0.0449. The van der Waals surface area contributed by atoms with Crippen LogP contribution in [0.3, 0.4) is 0 Å². The first-order valence-corrected chi connectivity index (χ1v) is 37.2. The number of methoxy groups -OCH3 is 1. The van der Waals surface area contributed by atoms with Crippen molar-refractivity contribution in [2.24, 2.45) is 39.4 Å². The average Bonchev–Trinajstić information content (AvgIpc) is 0.833. The number of hydrogen-bond acceptors (Lipinski definition) is 25. The molecular formula is C73H128O26S. The maximum Gasteiger partial charge on any atom is 0.313 e. The fourth-order valence-electron chi connectivity index (χ4n) is 11.1. The number of aliphatic hydroxyl groups excluding tert-OH is 1. The van der Waals surface area contributed by atoms with Gasteiger partial charge < -0.3 is 76.6 Å². The van der Waals surface area contributed by atoms with Crippen molar-refractivity contribution in [3.8, 4) is 0 Å². The summed E-state index contributed by atoms with van der Waals surface area (Å²) in [5, 5.41) is 17.6. The average molecular weight is 1450 g/mol. The van der Waals surface area contributed by atoms with Crippen LogP contribution in [-0.4, -0.2) is 214 Å². The topological polar surface area (TPSA) is 340 Å². The van der Waals surface area contributed by atoms with Gasteiger partial charge in [0.15, 0.2) is 0 Å². The zero-order chi connectivity index (χ0) is 76.1. The molecule has 27 heteroatoms. The molecule has 0 aromatic rings. The van der Waals surface area contributed by atoms with Crippen molar-refractivity contribution < 1.29 is 123 Å². The molecule has 7 aliphatic heterocycles. The van der Waals surface area contributed by atoms with Crippen LogP contribution >= 0.6 is 0 Å². The van der Waals surface area contributed by atoms with Crippen LogP contribution in [0.5, 0.6) is 0 Å². The Balaban J connectivity index is 0.000000590.